The highest BCUT2D eigenvalue weighted by molar-refractivity contribution is 5.95. The lowest BCUT2D eigenvalue weighted by Gasteiger charge is -2.07. The summed E-state index contributed by atoms with van der Waals surface area (Å²) in [6, 6.07) is 1.96. The van der Waals surface area contributed by atoms with Crippen LogP contribution in [-0.4, -0.2) is 25.5 Å². The van der Waals surface area contributed by atoms with Crippen molar-refractivity contribution in [2.75, 3.05) is 0 Å². The summed E-state index contributed by atoms with van der Waals surface area (Å²) in [4.78, 5) is 16.3. The molecule has 0 N–H and O–H groups in total. The first kappa shape index (κ1) is 14.9. The lowest BCUT2D eigenvalue weighted by molar-refractivity contribution is 0.0997. The Morgan fingerprint density at radius 3 is 2.71 bits per heavy atom. The summed E-state index contributed by atoms with van der Waals surface area (Å²) in [5, 5.41) is 8.90. The van der Waals surface area contributed by atoms with Crippen LogP contribution in [0.25, 0.3) is 0 Å². The minimum Gasteiger partial charge on any atom is -0.269 e. The Kier molecular flexibility index (Phi) is 4.47. The Labute approximate surface area is 123 Å². The van der Waals surface area contributed by atoms with E-state index in [0.29, 0.717) is 17.5 Å². The van der Waals surface area contributed by atoms with Crippen molar-refractivity contribution in [3.05, 3.63) is 53.9 Å². The molecule has 0 aromatic carbocycles. The number of nitrogens with zero attached hydrogens (tertiary/aromatic N) is 5. The summed E-state index contributed by atoms with van der Waals surface area (Å²) in [7, 11) is 0. The Morgan fingerprint density at radius 2 is 2.19 bits per heavy atom. The van der Waals surface area contributed by atoms with Gasteiger partial charge in [0.1, 0.15) is 0 Å². The molecule has 2 aromatic heterocycles. The Hall–Kier alpha value is -2.50. The molecule has 0 aliphatic carbocycles. The van der Waals surface area contributed by atoms with Gasteiger partial charge in [0, 0.05) is 17.9 Å². The van der Waals surface area contributed by atoms with E-state index < -0.39 is 0 Å². The van der Waals surface area contributed by atoms with E-state index in [-0.39, 0.29) is 11.9 Å². The van der Waals surface area contributed by atoms with Crippen LogP contribution in [0.4, 0.5) is 0 Å². The molecule has 0 unspecified atom stereocenters. The zero-order chi connectivity index (χ0) is 15.4. The largest absolute Gasteiger partial charge is 0.281 e. The predicted molar refractivity (Wildman–Crippen MR) is 79.7 cm³/mol. The van der Waals surface area contributed by atoms with E-state index in [1.807, 2.05) is 25.5 Å². The molecular weight excluding hydrogens is 266 g/mol. The van der Waals surface area contributed by atoms with Crippen molar-refractivity contribution in [3.63, 3.8) is 0 Å². The first-order valence-electron chi connectivity index (χ1n) is 6.79. The second-order valence-electron chi connectivity index (χ2n) is 4.99. The third-order valence-corrected chi connectivity index (χ3v) is 3.07. The van der Waals surface area contributed by atoms with Gasteiger partial charge < -0.3 is 0 Å². The summed E-state index contributed by atoms with van der Waals surface area (Å²) >= 11 is 0. The third-order valence-electron chi connectivity index (χ3n) is 3.07. The van der Waals surface area contributed by atoms with Gasteiger partial charge in [-0.2, -0.15) is 10.2 Å². The fourth-order valence-electron chi connectivity index (χ4n) is 2.02. The maximum atomic E-state index is 12.2. The van der Waals surface area contributed by atoms with Gasteiger partial charge >= 0.3 is 0 Å². The Morgan fingerprint density at radius 1 is 1.43 bits per heavy atom. The molecule has 0 saturated carbocycles. The quantitative estimate of drug-likeness (QED) is 0.806. The zero-order valence-corrected chi connectivity index (χ0v) is 12.5. The lowest BCUT2D eigenvalue weighted by Crippen LogP contribution is -2.12. The van der Waals surface area contributed by atoms with Crippen molar-refractivity contribution in [2.24, 2.45) is 4.99 Å². The fourth-order valence-corrected chi connectivity index (χ4v) is 2.02. The average molecular weight is 285 g/mol. The van der Waals surface area contributed by atoms with Crippen molar-refractivity contribution >= 4 is 5.91 Å². The van der Waals surface area contributed by atoms with Gasteiger partial charge in [-0.1, -0.05) is 6.08 Å². The standard InChI is InChI=1S/C15H19N5O/c1-5-7-19-8-6-13(9-16-19)18-15(21)14-10-17-20(11(2)3)12(14)4/h5-6,8-11H,1,7H2,2-4H3. The molecule has 2 heterocycles. The molecule has 0 radical (unpaired) electrons. The van der Waals surface area contributed by atoms with E-state index in [4.69, 9.17) is 0 Å². The van der Waals surface area contributed by atoms with E-state index in [1.54, 1.807) is 35.4 Å². The maximum Gasteiger partial charge on any atom is 0.281 e. The molecule has 0 bridgehead atoms. The number of allylic oxidation sites excluding steroid dienone is 1. The smallest absolute Gasteiger partial charge is 0.269 e. The molecule has 21 heavy (non-hydrogen) atoms. The number of carbonyl (C=O) groups is 1. The number of rotatable bonds is 4. The van der Waals surface area contributed by atoms with Gasteiger partial charge in [-0.25, -0.2) is 4.99 Å². The van der Waals surface area contributed by atoms with Crippen LogP contribution < -0.4 is 5.36 Å². The first-order chi connectivity index (χ1) is 10.0. The van der Waals surface area contributed by atoms with Gasteiger partial charge in [0.2, 0.25) is 0 Å². The van der Waals surface area contributed by atoms with Crippen LogP contribution >= 0.6 is 0 Å². The van der Waals surface area contributed by atoms with Gasteiger partial charge in [0.05, 0.1) is 29.9 Å². The Bertz CT molecular complexity index is 703. The van der Waals surface area contributed by atoms with Gasteiger partial charge in [-0.05, 0) is 26.8 Å². The van der Waals surface area contributed by atoms with E-state index >= 15 is 0 Å². The highest BCUT2D eigenvalue weighted by atomic mass is 16.1. The molecule has 6 heteroatoms. The molecule has 1 amide bonds. The molecule has 0 saturated heterocycles. The summed E-state index contributed by atoms with van der Waals surface area (Å²) < 4.78 is 3.52. The van der Waals surface area contributed by atoms with Crippen LogP contribution in [0.2, 0.25) is 0 Å². The van der Waals surface area contributed by atoms with Crippen molar-refractivity contribution < 1.29 is 4.79 Å². The molecule has 0 atom stereocenters. The first-order valence-corrected chi connectivity index (χ1v) is 6.79. The fraction of sp³-hybridized carbons (Fsp3) is 0.333. The minimum absolute atomic E-state index is 0.211. The summed E-state index contributed by atoms with van der Waals surface area (Å²) in [6.45, 7) is 10.2. The number of carbonyl (C=O) groups excluding carboxylic acids is 1. The predicted octanol–water partition coefficient (Wildman–Crippen LogP) is 1.90. The third kappa shape index (κ3) is 3.34. The average Bonchev–Trinajstić information content (AvgIpc) is 2.83. The van der Waals surface area contributed by atoms with Crippen molar-refractivity contribution in [1.29, 1.82) is 0 Å². The maximum absolute atomic E-state index is 12.2. The van der Waals surface area contributed by atoms with E-state index in [9.17, 15) is 4.79 Å². The summed E-state index contributed by atoms with van der Waals surface area (Å²) in [5.74, 6) is -0.303. The second kappa shape index (κ2) is 6.30. The number of hydrogen-bond acceptors (Lipinski definition) is 3. The lowest BCUT2D eigenvalue weighted by atomic mass is 10.2. The minimum atomic E-state index is -0.303. The van der Waals surface area contributed by atoms with Crippen LogP contribution in [0.1, 0.15) is 35.9 Å². The van der Waals surface area contributed by atoms with Crippen molar-refractivity contribution in [1.82, 2.24) is 19.6 Å². The zero-order valence-electron chi connectivity index (χ0n) is 12.5. The summed E-state index contributed by atoms with van der Waals surface area (Å²) in [5.41, 5.74) is 1.34. The van der Waals surface area contributed by atoms with Crippen LogP contribution in [-0.2, 0) is 6.54 Å². The van der Waals surface area contributed by atoms with Gasteiger partial charge in [0.25, 0.3) is 5.91 Å². The van der Waals surface area contributed by atoms with Crippen molar-refractivity contribution in [3.8, 4) is 0 Å². The van der Waals surface area contributed by atoms with Crippen LogP contribution in [0.3, 0.4) is 0 Å². The molecule has 0 aliphatic heterocycles. The number of amides is 1. The Balaban J connectivity index is 2.28. The molecule has 6 nitrogen and oxygen atoms in total. The number of hydrogen-bond donors (Lipinski definition) is 0. The molecule has 0 fully saturated rings. The van der Waals surface area contributed by atoms with Gasteiger partial charge in [-0.15, -0.1) is 6.58 Å². The highest BCUT2D eigenvalue weighted by Crippen LogP contribution is 2.13. The van der Waals surface area contributed by atoms with Crippen molar-refractivity contribution in [2.45, 2.75) is 33.4 Å². The molecule has 0 spiro atoms. The van der Waals surface area contributed by atoms with Gasteiger partial charge in [0.15, 0.2) is 0 Å². The molecule has 110 valence electrons. The molecule has 2 rings (SSSR count). The van der Waals surface area contributed by atoms with E-state index in [2.05, 4.69) is 21.8 Å². The number of aromatic nitrogens is 4. The molecular formula is C15H19N5O. The SMILES string of the molecule is C=CCn1ccc(=NC(=O)c2cnn(C(C)C)c2C)cn1. The van der Waals surface area contributed by atoms with Crippen LogP contribution in [0, 0.1) is 6.92 Å². The van der Waals surface area contributed by atoms with Crippen LogP contribution in [0.15, 0.2) is 42.3 Å². The molecule has 0 aliphatic rings. The second-order valence-corrected chi connectivity index (χ2v) is 4.99. The topological polar surface area (TPSA) is 65.1 Å². The van der Waals surface area contributed by atoms with Crippen LogP contribution in [0.5, 0.6) is 0 Å². The molecule has 2 aromatic rings. The van der Waals surface area contributed by atoms with E-state index in [1.165, 1.54) is 0 Å². The van der Waals surface area contributed by atoms with E-state index in [0.717, 1.165) is 5.69 Å². The highest BCUT2D eigenvalue weighted by Gasteiger charge is 2.14. The normalized spacial score (nSPS) is 11.9. The summed E-state index contributed by atoms with van der Waals surface area (Å²) in [6.07, 6.45) is 6.63. The van der Waals surface area contributed by atoms with Gasteiger partial charge in [-0.3, -0.25) is 14.2 Å². The monoisotopic (exact) mass is 285 g/mol.